The Morgan fingerprint density at radius 3 is 2.76 bits per heavy atom. The van der Waals surface area contributed by atoms with Gasteiger partial charge in [0, 0.05) is 16.8 Å². The number of nitrogens with one attached hydrogen (secondary N) is 1. The van der Waals surface area contributed by atoms with Gasteiger partial charge in [-0.15, -0.1) is 11.3 Å². The zero-order chi connectivity index (χ0) is 12.3. The second-order valence-electron chi connectivity index (χ2n) is 4.12. The molecule has 1 atom stereocenters. The molecule has 0 saturated heterocycles. The molecular weight excluding hydrogens is 228 g/mol. The van der Waals surface area contributed by atoms with Gasteiger partial charge in [0.05, 0.1) is 6.04 Å². The molecular formula is C14H18N2S. The van der Waals surface area contributed by atoms with Crippen molar-refractivity contribution in [3.8, 4) is 0 Å². The van der Waals surface area contributed by atoms with E-state index in [0.717, 1.165) is 12.1 Å². The summed E-state index contributed by atoms with van der Waals surface area (Å²) in [6, 6.07) is 6.70. The third-order valence-electron chi connectivity index (χ3n) is 2.98. The van der Waals surface area contributed by atoms with Crippen molar-refractivity contribution in [2.24, 2.45) is 0 Å². The quantitative estimate of drug-likeness (QED) is 0.895. The van der Waals surface area contributed by atoms with Crippen LogP contribution < -0.4 is 5.32 Å². The summed E-state index contributed by atoms with van der Waals surface area (Å²) in [7, 11) is 2.00. The highest BCUT2D eigenvalue weighted by molar-refractivity contribution is 7.10. The number of aromatic nitrogens is 1. The van der Waals surface area contributed by atoms with Crippen LogP contribution in [-0.2, 0) is 6.42 Å². The number of hydrogen-bond acceptors (Lipinski definition) is 3. The molecule has 2 rings (SSSR count). The van der Waals surface area contributed by atoms with Gasteiger partial charge in [0.2, 0.25) is 0 Å². The van der Waals surface area contributed by atoms with Crippen molar-refractivity contribution in [2.45, 2.75) is 26.3 Å². The summed E-state index contributed by atoms with van der Waals surface area (Å²) >= 11 is 1.82. The molecule has 3 heteroatoms. The molecule has 90 valence electrons. The van der Waals surface area contributed by atoms with E-state index in [4.69, 9.17) is 0 Å². The van der Waals surface area contributed by atoms with E-state index < -0.39 is 0 Å². The molecule has 0 radical (unpaired) electrons. The average molecular weight is 246 g/mol. The van der Waals surface area contributed by atoms with E-state index in [-0.39, 0.29) is 6.04 Å². The third kappa shape index (κ3) is 2.56. The first kappa shape index (κ1) is 12.3. The summed E-state index contributed by atoms with van der Waals surface area (Å²) < 4.78 is 0. The fourth-order valence-electron chi connectivity index (χ4n) is 1.99. The van der Waals surface area contributed by atoms with Crippen LogP contribution in [0.5, 0.6) is 0 Å². The minimum absolute atomic E-state index is 0.262. The lowest BCUT2D eigenvalue weighted by Crippen LogP contribution is -2.17. The Morgan fingerprint density at radius 1 is 1.35 bits per heavy atom. The van der Waals surface area contributed by atoms with Gasteiger partial charge in [-0.25, -0.2) is 0 Å². The summed E-state index contributed by atoms with van der Waals surface area (Å²) in [5.74, 6) is 0. The predicted octanol–water partition coefficient (Wildman–Crippen LogP) is 3.32. The minimum Gasteiger partial charge on any atom is -0.309 e. The maximum absolute atomic E-state index is 4.38. The highest BCUT2D eigenvalue weighted by Crippen LogP contribution is 2.29. The second kappa shape index (κ2) is 5.43. The molecule has 1 unspecified atom stereocenters. The van der Waals surface area contributed by atoms with Crippen LogP contribution in [0.1, 0.15) is 34.7 Å². The molecule has 0 aliphatic heterocycles. The summed E-state index contributed by atoms with van der Waals surface area (Å²) in [4.78, 5) is 5.78. The molecule has 2 aromatic heterocycles. The van der Waals surface area contributed by atoms with E-state index in [9.17, 15) is 0 Å². The van der Waals surface area contributed by atoms with E-state index >= 15 is 0 Å². The van der Waals surface area contributed by atoms with Crippen LogP contribution in [0.2, 0.25) is 0 Å². The van der Waals surface area contributed by atoms with Crippen LogP contribution in [-0.4, -0.2) is 12.0 Å². The van der Waals surface area contributed by atoms with Crippen molar-refractivity contribution in [3.05, 3.63) is 51.5 Å². The maximum Gasteiger partial charge on any atom is 0.0686 e. The SMILES string of the molecule is CCc1ccsc1C(NC)c1ccc(C)nc1. The zero-order valence-electron chi connectivity index (χ0n) is 10.5. The molecule has 0 aliphatic carbocycles. The third-order valence-corrected chi connectivity index (χ3v) is 4.00. The molecule has 0 spiro atoms. The van der Waals surface area contributed by atoms with Gasteiger partial charge in [0.1, 0.15) is 0 Å². The molecule has 0 amide bonds. The van der Waals surface area contributed by atoms with Crippen LogP contribution in [0, 0.1) is 6.92 Å². The fraction of sp³-hybridized carbons (Fsp3) is 0.357. The highest BCUT2D eigenvalue weighted by atomic mass is 32.1. The maximum atomic E-state index is 4.38. The Bertz CT molecular complexity index is 473. The summed E-state index contributed by atoms with van der Waals surface area (Å²) in [5.41, 5.74) is 3.72. The highest BCUT2D eigenvalue weighted by Gasteiger charge is 2.16. The van der Waals surface area contributed by atoms with Gasteiger partial charge in [-0.1, -0.05) is 13.0 Å². The second-order valence-corrected chi connectivity index (χ2v) is 5.07. The Balaban J connectivity index is 2.36. The molecule has 0 saturated carbocycles. The van der Waals surface area contributed by atoms with Gasteiger partial charge >= 0.3 is 0 Å². The number of thiophene rings is 1. The Morgan fingerprint density at radius 2 is 2.18 bits per heavy atom. The topological polar surface area (TPSA) is 24.9 Å². The van der Waals surface area contributed by atoms with Gasteiger partial charge in [0.25, 0.3) is 0 Å². The van der Waals surface area contributed by atoms with Gasteiger partial charge in [-0.2, -0.15) is 0 Å². The molecule has 0 aliphatic rings. The number of rotatable bonds is 4. The number of hydrogen-bond donors (Lipinski definition) is 1. The van der Waals surface area contributed by atoms with Crippen molar-refractivity contribution in [1.82, 2.24) is 10.3 Å². The molecule has 1 N–H and O–H groups in total. The standard InChI is InChI=1S/C14H18N2S/c1-4-11-7-8-17-14(11)13(15-3)12-6-5-10(2)16-9-12/h5-9,13,15H,4H2,1-3H3. The Kier molecular flexibility index (Phi) is 3.92. The first-order valence-corrected chi connectivity index (χ1v) is 6.80. The van der Waals surface area contributed by atoms with Crippen molar-refractivity contribution in [1.29, 1.82) is 0 Å². The molecule has 2 aromatic rings. The van der Waals surface area contributed by atoms with Gasteiger partial charge < -0.3 is 5.32 Å². The van der Waals surface area contributed by atoms with E-state index in [0.29, 0.717) is 0 Å². The Hall–Kier alpha value is -1.19. The van der Waals surface area contributed by atoms with E-state index in [2.05, 4.69) is 40.8 Å². The lowest BCUT2D eigenvalue weighted by molar-refractivity contribution is 0.693. The molecule has 0 bridgehead atoms. The summed E-state index contributed by atoms with van der Waals surface area (Å²) in [6.45, 7) is 4.21. The first-order chi connectivity index (χ1) is 8.26. The first-order valence-electron chi connectivity index (χ1n) is 5.92. The van der Waals surface area contributed by atoms with Gasteiger partial charge in [0.15, 0.2) is 0 Å². The monoisotopic (exact) mass is 246 g/mol. The lowest BCUT2D eigenvalue weighted by Gasteiger charge is -2.16. The average Bonchev–Trinajstić information content (AvgIpc) is 2.81. The lowest BCUT2D eigenvalue weighted by atomic mass is 10.0. The predicted molar refractivity (Wildman–Crippen MR) is 73.6 cm³/mol. The Labute approximate surface area is 107 Å². The van der Waals surface area contributed by atoms with Crippen LogP contribution in [0.4, 0.5) is 0 Å². The van der Waals surface area contributed by atoms with Crippen LogP contribution in [0.3, 0.4) is 0 Å². The van der Waals surface area contributed by atoms with Crippen molar-refractivity contribution >= 4 is 11.3 Å². The van der Waals surface area contributed by atoms with Crippen molar-refractivity contribution < 1.29 is 0 Å². The van der Waals surface area contributed by atoms with E-state index in [1.807, 2.05) is 31.5 Å². The smallest absolute Gasteiger partial charge is 0.0686 e. The van der Waals surface area contributed by atoms with Gasteiger partial charge in [-0.3, -0.25) is 4.98 Å². The number of aryl methyl sites for hydroxylation is 2. The van der Waals surface area contributed by atoms with Crippen LogP contribution in [0.15, 0.2) is 29.8 Å². The zero-order valence-corrected chi connectivity index (χ0v) is 11.3. The minimum atomic E-state index is 0.262. The summed E-state index contributed by atoms with van der Waals surface area (Å²) in [6.07, 6.45) is 3.05. The summed E-state index contributed by atoms with van der Waals surface area (Å²) in [5, 5.41) is 5.55. The molecule has 17 heavy (non-hydrogen) atoms. The van der Waals surface area contributed by atoms with E-state index in [1.165, 1.54) is 16.0 Å². The van der Waals surface area contributed by atoms with Crippen molar-refractivity contribution in [3.63, 3.8) is 0 Å². The number of nitrogens with zero attached hydrogens (tertiary/aromatic N) is 1. The largest absolute Gasteiger partial charge is 0.309 e. The van der Waals surface area contributed by atoms with Crippen LogP contribution >= 0.6 is 11.3 Å². The van der Waals surface area contributed by atoms with E-state index in [1.54, 1.807) is 0 Å². The number of pyridine rings is 1. The fourth-order valence-corrected chi connectivity index (χ4v) is 3.12. The molecule has 0 aromatic carbocycles. The van der Waals surface area contributed by atoms with Gasteiger partial charge in [-0.05, 0) is 49.0 Å². The molecule has 2 nitrogen and oxygen atoms in total. The van der Waals surface area contributed by atoms with Crippen LogP contribution in [0.25, 0.3) is 0 Å². The van der Waals surface area contributed by atoms with Crippen molar-refractivity contribution in [2.75, 3.05) is 7.05 Å². The normalized spacial score (nSPS) is 12.6. The molecule has 2 heterocycles. The molecule has 0 fully saturated rings.